The molecule has 0 bridgehead atoms. The summed E-state index contributed by atoms with van der Waals surface area (Å²) in [5, 5.41) is 0. The van der Waals surface area contributed by atoms with Gasteiger partial charge in [-0.3, -0.25) is 0 Å². The highest BCUT2D eigenvalue weighted by Gasteiger charge is 2.50. The van der Waals surface area contributed by atoms with Gasteiger partial charge in [-0.15, -0.1) is 0 Å². The molecule has 0 aromatic heterocycles. The molecule has 4 aliphatic carbocycles. The molecule has 78 heavy (non-hydrogen) atoms. The van der Waals surface area contributed by atoms with Crippen LogP contribution in [-0.4, -0.2) is 0 Å². The van der Waals surface area contributed by atoms with Crippen molar-refractivity contribution in [1.82, 2.24) is 0 Å². The van der Waals surface area contributed by atoms with Crippen molar-refractivity contribution in [2.24, 2.45) is 10.8 Å². The number of hydrogen-bond acceptors (Lipinski definition) is 0. The smallest absolute Gasteiger partial charge is 0.0683 e. The molecule has 0 saturated carbocycles. The average molecular weight is 1050 g/mol. The van der Waals surface area contributed by atoms with E-state index in [1.54, 1.807) is 0 Å². The summed E-state index contributed by atoms with van der Waals surface area (Å²) in [6.45, 7) is 49.5. The van der Waals surface area contributed by atoms with Gasteiger partial charge in [0.1, 0.15) is 0 Å². The number of hydrogen-bond donors (Lipinski definition) is 0. The van der Waals surface area contributed by atoms with E-state index in [9.17, 15) is 0 Å². The maximum absolute atomic E-state index is 2.34. The fraction of sp³-hybridized carbons (Fsp3) is 0.385. The molecule has 0 unspecified atom stereocenters. The van der Waals surface area contributed by atoms with E-state index < -0.39 is 0 Å². The van der Waals surface area contributed by atoms with E-state index in [0.717, 1.165) is 12.8 Å². The number of benzene rings is 8. The van der Waals surface area contributed by atoms with Crippen molar-refractivity contribution in [3.05, 3.63) is 261 Å². The van der Waals surface area contributed by atoms with Crippen molar-refractivity contribution >= 4 is 0 Å². The van der Waals surface area contributed by atoms with Gasteiger partial charge < -0.3 is 0 Å². The van der Waals surface area contributed by atoms with E-state index >= 15 is 0 Å². The van der Waals surface area contributed by atoms with Crippen LogP contribution in [0.25, 0.3) is 22.3 Å². The molecule has 0 aliphatic heterocycles. The van der Waals surface area contributed by atoms with Crippen LogP contribution in [0.1, 0.15) is 233 Å². The predicted molar refractivity (Wildman–Crippen MR) is 354 cm³/mol. The lowest BCUT2D eigenvalue weighted by atomic mass is 9.61. The summed E-state index contributed by atoms with van der Waals surface area (Å²) in [6.07, 6.45) is 2.02. The molecule has 0 N–H and O–H groups in total. The third-order valence-corrected chi connectivity index (χ3v) is 12.4. The summed E-state index contributed by atoms with van der Waals surface area (Å²) in [6, 6.07) is 71.9. The van der Waals surface area contributed by atoms with E-state index in [4.69, 9.17) is 0 Å². The van der Waals surface area contributed by atoms with Crippen LogP contribution in [0.15, 0.2) is 194 Å². The van der Waals surface area contributed by atoms with Crippen molar-refractivity contribution < 1.29 is 0 Å². The van der Waals surface area contributed by atoms with Crippen LogP contribution in [0.3, 0.4) is 0 Å². The van der Waals surface area contributed by atoms with Crippen LogP contribution in [0.5, 0.6) is 0 Å². The third kappa shape index (κ3) is 15.5. The van der Waals surface area contributed by atoms with Crippen LogP contribution in [0.2, 0.25) is 0 Å². The highest BCUT2D eigenvalue weighted by atomic mass is 14.5. The second-order valence-electron chi connectivity index (χ2n) is 20.7. The Hall–Kier alpha value is -6.24. The molecule has 12 rings (SSSR count). The van der Waals surface area contributed by atoms with Crippen molar-refractivity contribution in [2.45, 2.75) is 190 Å². The molecule has 420 valence electrons. The fourth-order valence-corrected chi connectivity index (χ4v) is 10.5. The summed E-state index contributed by atoms with van der Waals surface area (Å²) in [5.41, 5.74) is 23.3. The van der Waals surface area contributed by atoms with Crippen molar-refractivity contribution in [3.63, 3.8) is 0 Å². The van der Waals surface area contributed by atoms with Gasteiger partial charge in [-0.05, 0) is 113 Å². The Bertz CT molecular complexity index is 2510. The predicted octanol–water partition coefficient (Wildman–Crippen LogP) is 24.2. The van der Waals surface area contributed by atoms with E-state index in [-0.39, 0.29) is 10.8 Å². The lowest BCUT2D eigenvalue weighted by molar-refractivity contribution is 0.469. The molecular weight excluding hydrogens is 937 g/mol. The molecule has 0 amide bonds. The first-order valence-electron chi connectivity index (χ1n) is 30.5. The van der Waals surface area contributed by atoms with E-state index in [1.807, 2.05) is 111 Å². The zero-order chi connectivity index (χ0) is 59.3. The maximum atomic E-state index is 2.34. The third-order valence-electron chi connectivity index (χ3n) is 12.4. The minimum atomic E-state index is -0.196. The number of fused-ring (bicyclic) bond motifs is 18. The summed E-state index contributed by atoms with van der Waals surface area (Å²) in [7, 11) is 0. The maximum Gasteiger partial charge on any atom is 0.0719 e. The van der Waals surface area contributed by atoms with Gasteiger partial charge in [-0.1, -0.05) is 360 Å². The van der Waals surface area contributed by atoms with Crippen LogP contribution >= 0.6 is 0 Å². The molecule has 0 saturated heterocycles. The van der Waals surface area contributed by atoms with E-state index in [2.05, 4.69) is 250 Å². The van der Waals surface area contributed by atoms with Crippen molar-refractivity contribution in [1.29, 1.82) is 0 Å². The monoisotopic (exact) mass is 1040 g/mol. The van der Waals surface area contributed by atoms with Gasteiger partial charge in [-0.2, -0.15) is 0 Å². The van der Waals surface area contributed by atoms with E-state index in [0.29, 0.717) is 10.8 Å². The topological polar surface area (TPSA) is 0 Å². The van der Waals surface area contributed by atoms with Gasteiger partial charge in [0.15, 0.2) is 0 Å². The molecule has 0 heterocycles. The Balaban J connectivity index is 0.000000549. The van der Waals surface area contributed by atoms with Crippen molar-refractivity contribution in [3.8, 4) is 22.3 Å². The first-order valence-corrected chi connectivity index (χ1v) is 30.5. The molecule has 0 nitrogen and oxygen atoms in total. The van der Waals surface area contributed by atoms with Crippen molar-refractivity contribution in [2.75, 3.05) is 0 Å². The second-order valence-corrected chi connectivity index (χ2v) is 20.7. The largest absolute Gasteiger partial charge is 0.0719 e. The zero-order valence-corrected chi connectivity index (χ0v) is 53.9. The minimum Gasteiger partial charge on any atom is -0.0683 e. The Labute approximate surface area is 481 Å². The molecule has 0 heteroatoms. The normalized spacial score (nSPS) is 12.2. The van der Waals surface area contributed by atoms with E-state index in [1.165, 1.54) is 89.0 Å². The highest BCUT2D eigenvalue weighted by Crippen LogP contribution is 2.60. The van der Waals surface area contributed by atoms with Crippen LogP contribution in [0, 0.1) is 10.8 Å². The Morgan fingerprint density at radius 1 is 0.205 bits per heavy atom. The lowest BCUT2D eigenvalue weighted by Crippen LogP contribution is -2.34. The Morgan fingerprint density at radius 3 is 0.500 bits per heavy atom. The summed E-state index contributed by atoms with van der Waals surface area (Å²) in [5.74, 6) is 0. The quantitative estimate of drug-likeness (QED) is 0.142. The van der Waals surface area contributed by atoms with Gasteiger partial charge >= 0.3 is 0 Å². The average Bonchev–Trinajstić information content (AvgIpc) is 4.16. The van der Waals surface area contributed by atoms with Gasteiger partial charge in [0.25, 0.3) is 0 Å². The number of rotatable bonds is 0. The van der Waals surface area contributed by atoms with Crippen LogP contribution < -0.4 is 0 Å². The first kappa shape index (κ1) is 69.8. The lowest BCUT2D eigenvalue weighted by Gasteiger charge is -2.40. The Kier molecular flexibility index (Phi) is 31.0. The molecule has 8 aromatic carbocycles. The summed E-state index contributed by atoms with van der Waals surface area (Å²) >= 11 is 0. The van der Waals surface area contributed by atoms with Crippen LogP contribution in [-0.2, 0) is 23.7 Å². The summed E-state index contributed by atoms with van der Waals surface area (Å²) < 4.78 is 0. The Morgan fingerprint density at radius 2 is 0.333 bits per heavy atom. The molecule has 0 atom stereocenters. The molecular formula is C78H108. The first-order chi connectivity index (χ1) is 37.8. The SMILES string of the molecule is CC.CC.CC.CC.CC.CC.CC.CC.CC(C)(C)C.CC(C)(C)C.c1ccc2c(c1)Cc1ccccc1C21c2ccccc2-c2ccccc21.c1ccc2c(c1)Cc1ccccc1C21c2ccccc2-c2ccccc21. The highest BCUT2D eigenvalue weighted by molar-refractivity contribution is 5.89. The van der Waals surface area contributed by atoms with Gasteiger partial charge in [0.05, 0.1) is 10.8 Å². The molecule has 2 spiro atoms. The second kappa shape index (κ2) is 34.6. The standard InChI is InChI=1S/2C26H18.2C5H12.8C2H6/c2*1-5-13-22-18(9-1)17-19-10-2-6-14-23(19)26(22)24-15-7-3-11-20(24)21-12-4-8-16-25(21)26;2*1-5(2,3)4;8*1-2/h2*1-16H,17H2;2*1-4H3;8*1-2H3. The molecule has 0 fully saturated rings. The molecule has 4 aliphatic rings. The zero-order valence-electron chi connectivity index (χ0n) is 53.9. The minimum absolute atomic E-state index is 0.196. The summed E-state index contributed by atoms with van der Waals surface area (Å²) in [4.78, 5) is 0. The molecule has 0 radical (unpaired) electrons. The van der Waals surface area contributed by atoms with Gasteiger partial charge in [0, 0.05) is 0 Å². The fourth-order valence-electron chi connectivity index (χ4n) is 10.5. The van der Waals surface area contributed by atoms with Gasteiger partial charge in [-0.25, -0.2) is 0 Å². The van der Waals surface area contributed by atoms with Crippen LogP contribution in [0.4, 0.5) is 0 Å². The van der Waals surface area contributed by atoms with Gasteiger partial charge in [0.2, 0.25) is 0 Å². The molecule has 8 aromatic rings.